The fourth-order valence-corrected chi connectivity index (χ4v) is 2.82. The van der Waals surface area contributed by atoms with Crippen LogP contribution in [0.3, 0.4) is 0 Å². The molecule has 2 unspecified atom stereocenters. The van der Waals surface area contributed by atoms with Crippen molar-refractivity contribution in [1.29, 1.82) is 0 Å². The second-order valence-electron chi connectivity index (χ2n) is 5.82. The van der Waals surface area contributed by atoms with Gasteiger partial charge in [0, 0.05) is 12.0 Å². The lowest BCUT2D eigenvalue weighted by Crippen LogP contribution is -2.43. The highest BCUT2D eigenvalue weighted by atomic mass is 19.1. The summed E-state index contributed by atoms with van der Waals surface area (Å²) < 4.78 is 13.1. The van der Waals surface area contributed by atoms with Gasteiger partial charge in [-0.25, -0.2) is 9.18 Å². The molecule has 0 aromatic heterocycles. The fraction of sp³-hybridized carbons (Fsp3) is 0.158. The van der Waals surface area contributed by atoms with Crippen LogP contribution >= 0.6 is 0 Å². The molecule has 4 nitrogen and oxygen atoms in total. The van der Waals surface area contributed by atoms with Gasteiger partial charge in [0.25, 0.3) is 0 Å². The first-order valence-electron chi connectivity index (χ1n) is 7.55. The Hall–Kier alpha value is -2.95. The SMILES string of the molecule is O=C(/C=C/c1cccc(F)c1)NC1(C(=O)O)CC1c1ccccc1. The largest absolute Gasteiger partial charge is 0.479 e. The monoisotopic (exact) mass is 325 g/mol. The third-order valence-corrected chi connectivity index (χ3v) is 4.17. The Labute approximate surface area is 138 Å². The van der Waals surface area contributed by atoms with Gasteiger partial charge >= 0.3 is 5.97 Å². The summed E-state index contributed by atoms with van der Waals surface area (Å²) in [6.07, 6.45) is 3.03. The number of carbonyl (C=O) groups excluding carboxylic acids is 1. The number of halogens is 1. The van der Waals surface area contributed by atoms with Crippen molar-refractivity contribution in [3.8, 4) is 0 Å². The molecule has 0 aliphatic heterocycles. The van der Waals surface area contributed by atoms with E-state index in [-0.39, 0.29) is 5.92 Å². The first-order valence-corrected chi connectivity index (χ1v) is 7.55. The molecule has 2 aromatic rings. The molecule has 0 bridgehead atoms. The van der Waals surface area contributed by atoms with E-state index < -0.39 is 23.2 Å². The number of rotatable bonds is 5. The summed E-state index contributed by atoms with van der Waals surface area (Å²) in [5.74, 6) is -2.21. The number of aliphatic carboxylic acids is 1. The van der Waals surface area contributed by atoms with Crippen molar-refractivity contribution < 1.29 is 19.1 Å². The molecule has 1 amide bonds. The van der Waals surface area contributed by atoms with E-state index in [1.165, 1.54) is 30.4 Å². The topological polar surface area (TPSA) is 66.4 Å². The van der Waals surface area contributed by atoms with E-state index in [1.54, 1.807) is 6.07 Å². The molecule has 5 heteroatoms. The second-order valence-corrected chi connectivity index (χ2v) is 5.82. The van der Waals surface area contributed by atoms with Crippen LogP contribution in [0.1, 0.15) is 23.5 Å². The molecule has 2 N–H and O–H groups in total. The summed E-state index contributed by atoms with van der Waals surface area (Å²) in [6, 6.07) is 15.0. The van der Waals surface area contributed by atoms with E-state index in [9.17, 15) is 19.1 Å². The van der Waals surface area contributed by atoms with Crippen molar-refractivity contribution in [3.05, 3.63) is 77.6 Å². The molecule has 0 saturated heterocycles. The van der Waals surface area contributed by atoms with Gasteiger partial charge in [-0.1, -0.05) is 42.5 Å². The number of nitrogens with one attached hydrogen (secondary N) is 1. The lowest BCUT2D eigenvalue weighted by molar-refractivity contribution is -0.142. The number of carboxylic acids is 1. The first kappa shape index (κ1) is 15.9. The van der Waals surface area contributed by atoms with Gasteiger partial charge in [-0.05, 0) is 35.8 Å². The Morgan fingerprint density at radius 1 is 1.17 bits per heavy atom. The lowest BCUT2D eigenvalue weighted by Gasteiger charge is -2.13. The lowest BCUT2D eigenvalue weighted by atomic mass is 10.1. The zero-order valence-electron chi connectivity index (χ0n) is 12.8. The highest BCUT2D eigenvalue weighted by Gasteiger charge is 2.62. The van der Waals surface area contributed by atoms with Crippen molar-refractivity contribution in [2.24, 2.45) is 0 Å². The van der Waals surface area contributed by atoms with Gasteiger partial charge in [-0.2, -0.15) is 0 Å². The molecule has 1 fully saturated rings. The van der Waals surface area contributed by atoms with Crippen LogP contribution in [0.25, 0.3) is 6.08 Å². The first-order chi connectivity index (χ1) is 11.5. The third-order valence-electron chi connectivity index (χ3n) is 4.17. The van der Waals surface area contributed by atoms with Gasteiger partial charge in [0.1, 0.15) is 11.4 Å². The minimum Gasteiger partial charge on any atom is -0.479 e. The minimum absolute atomic E-state index is 0.247. The van der Waals surface area contributed by atoms with Crippen LogP contribution in [0.2, 0.25) is 0 Å². The summed E-state index contributed by atoms with van der Waals surface area (Å²) in [4.78, 5) is 23.7. The van der Waals surface area contributed by atoms with Crippen LogP contribution in [0.15, 0.2) is 60.7 Å². The second kappa shape index (κ2) is 6.28. The van der Waals surface area contributed by atoms with Gasteiger partial charge in [0.15, 0.2) is 0 Å². The van der Waals surface area contributed by atoms with Crippen LogP contribution in [0.5, 0.6) is 0 Å². The molecule has 0 radical (unpaired) electrons. The van der Waals surface area contributed by atoms with E-state index in [4.69, 9.17) is 0 Å². The van der Waals surface area contributed by atoms with Gasteiger partial charge in [0.05, 0.1) is 0 Å². The average molecular weight is 325 g/mol. The van der Waals surface area contributed by atoms with Crippen LogP contribution in [0, 0.1) is 5.82 Å². The normalized spacial score (nSPS) is 22.3. The highest BCUT2D eigenvalue weighted by Crippen LogP contribution is 2.51. The molecule has 122 valence electrons. The Morgan fingerprint density at radius 3 is 2.58 bits per heavy atom. The maximum absolute atomic E-state index is 13.1. The van der Waals surface area contributed by atoms with E-state index in [2.05, 4.69) is 5.32 Å². The summed E-state index contributed by atoms with van der Waals surface area (Å²) in [7, 11) is 0. The summed E-state index contributed by atoms with van der Waals surface area (Å²) >= 11 is 0. The summed E-state index contributed by atoms with van der Waals surface area (Å²) in [5, 5.41) is 12.1. The van der Waals surface area contributed by atoms with E-state index >= 15 is 0 Å². The maximum Gasteiger partial charge on any atom is 0.330 e. The fourth-order valence-electron chi connectivity index (χ4n) is 2.82. The van der Waals surface area contributed by atoms with E-state index in [0.717, 1.165) is 5.56 Å². The third kappa shape index (κ3) is 3.20. The highest BCUT2D eigenvalue weighted by molar-refractivity contribution is 5.98. The zero-order chi connectivity index (χ0) is 17.2. The number of benzene rings is 2. The smallest absolute Gasteiger partial charge is 0.330 e. The molecule has 2 atom stereocenters. The maximum atomic E-state index is 13.1. The average Bonchev–Trinajstić information content (AvgIpc) is 3.29. The summed E-state index contributed by atoms with van der Waals surface area (Å²) in [6.45, 7) is 0. The Kier molecular flexibility index (Phi) is 4.16. The predicted octanol–water partition coefficient (Wildman–Crippen LogP) is 2.97. The van der Waals surface area contributed by atoms with Crippen molar-refractivity contribution in [1.82, 2.24) is 5.32 Å². The van der Waals surface area contributed by atoms with Gasteiger partial charge < -0.3 is 10.4 Å². The number of hydrogen-bond donors (Lipinski definition) is 2. The van der Waals surface area contributed by atoms with Crippen LogP contribution in [-0.2, 0) is 9.59 Å². The molecule has 2 aromatic carbocycles. The molecular weight excluding hydrogens is 309 g/mol. The van der Waals surface area contributed by atoms with Crippen molar-refractivity contribution in [2.45, 2.75) is 17.9 Å². The summed E-state index contributed by atoms with van der Waals surface area (Å²) in [5.41, 5.74) is 0.143. The molecule has 0 spiro atoms. The Balaban J connectivity index is 1.71. The Bertz CT molecular complexity index is 803. The van der Waals surface area contributed by atoms with Gasteiger partial charge in [-0.3, -0.25) is 4.79 Å². The number of carbonyl (C=O) groups is 2. The Morgan fingerprint density at radius 2 is 1.92 bits per heavy atom. The number of hydrogen-bond acceptors (Lipinski definition) is 2. The van der Waals surface area contributed by atoms with Crippen LogP contribution < -0.4 is 5.32 Å². The molecule has 1 saturated carbocycles. The van der Waals surface area contributed by atoms with Crippen molar-refractivity contribution >= 4 is 18.0 Å². The van der Waals surface area contributed by atoms with Crippen LogP contribution in [0.4, 0.5) is 4.39 Å². The molecular formula is C19H16FNO3. The van der Waals surface area contributed by atoms with Crippen molar-refractivity contribution in [2.75, 3.05) is 0 Å². The quantitative estimate of drug-likeness (QED) is 0.831. The number of amides is 1. The molecule has 1 aliphatic carbocycles. The van der Waals surface area contributed by atoms with E-state index in [0.29, 0.717) is 12.0 Å². The zero-order valence-corrected chi connectivity index (χ0v) is 12.8. The molecule has 0 heterocycles. The van der Waals surface area contributed by atoms with Gasteiger partial charge in [0.2, 0.25) is 5.91 Å². The number of carboxylic acid groups (broad SMARTS) is 1. The predicted molar refractivity (Wildman–Crippen MR) is 87.7 cm³/mol. The van der Waals surface area contributed by atoms with Crippen LogP contribution in [-0.4, -0.2) is 22.5 Å². The van der Waals surface area contributed by atoms with Gasteiger partial charge in [-0.15, -0.1) is 0 Å². The van der Waals surface area contributed by atoms with Crippen molar-refractivity contribution in [3.63, 3.8) is 0 Å². The molecule has 3 rings (SSSR count). The molecule has 1 aliphatic rings. The van der Waals surface area contributed by atoms with E-state index in [1.807, 2.05) is 30.3 Å². The minimum atomic E-state index is -1.27. The standard InChI is InChI=1S/C19H16FNO3/c20-15-8-4-5-13(11-15)9-10-17(22)21-19(18(23)24)12-16(19)14-6-2-1-3-7-14/h1-11,16H,12H2,(H,21,22)(H,23,24)/b10-9+. The molecule has 24 heavy (non-hydrogen) atoms.